The van der Waals surface area contributed by atoms with Crippen molar-refractivity contribution in [3.63, 3.8) is 0 Å². The standard InChI is InChI=1S/C22H22FN3O3S2/c1-15-3-2-12-26(13-15)31(28,29)19-10-6-17(7-11-19)21(27)25-22-24-20(14-30-22)16-4-8-18(23)9-5-16/h4-11,14-15H,2-3,12-13H2,1H3,(H,24,25,27)/t15-/m1/s1. The number of rotatable bonds is 5. The second-order valence-electron chi connectivity index (χ2n) is 7.63. The molecule has 1 atom stereocenters. The lowest BCUT2D eigenvalue weighted by molar-refractivity contribution is 0.102. The van der Waals surface area contributed by atoms with Crippen LogP contribution in [0.3, 0.4) is 0 Å². The maximum atomic E-state index is 13.1. The van der Waals surface area contributed by atoms with Gasteiger partial charge in [-0.15, -0.1) is 11.3 Å². The molecular formula is C22H22FN3O3S2. The van der Waals surface area contributed by atoms with Gasteiger partial charge in [-0.05, 0) is 67.3 Å². The number of sulfonamides is 1. The summed E-state index contributed by atoms with van der Waals surface area (Å²) < 4.78 is 40.3. The van der Waals surface area contributed by atoms with Crippen molar-refractivity contribution >= 4 is 32.4 Å². The molecule has 1 amide bonds. The van der Waals surface area contributed by atoms with Gasteiger partial charge < -0.3 is 0 Å². The number of amides is 1. The number of nitrogens with zero attached hydrogens (tertiary/aromatic N) is 2. The molecule has 1 fully saturated rings. The number of hydrogen-bond donors (Lipinski definition) is 1. The van der Waals surface area contributed by atoms with Crippen LogP contribution in [-0.2, 0) is 10.0 Å². The fourth-order valence-electron chi connectivity index (χ4n) is 3.55. The van der Waals surface area contributed by atoms with Crippen LogP contribution in [0.5, 0.6) is 0 Å². The number of carbonyl (C=O) groups is 1. The molecule has 0 aliphatic carbocycles. The lowest BCUT2D eigenvalue weighted by Crippen LogP contribution is -2.39. The number of nitrogens with one attached hydrogen (secondary N) is 1. The summed E-state index contributed by atoms with van der Waals surface area (Å²) in [6, 6.07) is 11.9. The Morgan fingerprint density at radius 2 is 1.87 bits per heavy atom. The van der Waals surface area contributed by atoms with Gasteiger partial charge in [-0.3, -0.25) is 10.1 Å². The Morgan fingerprint density at radius 3 is 2.55 bits per heavy atom. The van der Waals surface area contributed by atoms with Crippen LogP contribution < -0.4 is 5.32 Å². The Balaban J connectivity index is 1.45. The predicted molar refractivity (Wildman–Crippen MR) is 119 cm³/mol. The molecule has 0 bridgehead atoms. The Hall–Kier alpha value is -2.62. The molecule has 1 aliphatic heterocycles. The van der Waals surface area contributed by atoms with Crippen LogP contribution in [0.15, 0.2) is 58.8 Å². The maximum Gasteiger partial charge on any atom is 0.257 e. The van der Waals surface area contributed by atoms with E-state index in [-0.39, 0.29) is 16.6 Å². The van der Waals surface area contributed by atoms with E-state index in [0.717, 1.165) is 18.4 Å². The third kappa shape index (κ3) is 4.84. The van der Waals surface area contributed by atoms with Crippen LogP contribution in [0.1, 0.15) is 30.1 Å². The molecule has 1 aliphatic rings. The lowest BCUT2D eigenvalue weighted by atomic mass is 10.0. The third-order valence-electron chi connectivity index (χ3n) is 5.24. The quantitative estimate of drug-likeness (QED) is 0.604. The summed E-state index contributed by atoms with van der Waals surface area (Å²) in [7, 11) is -3.56. The van der Waals surface area contributed by atoms with E-state index in [4.69, 9.17) is 0 Å². The first-order chi connectivity index (χ1) is 14.8. The molecule has 6 nitrogen and oxygen atoms in total. The van der Waals surface area contributed by atoms with Gasteiger partial charge in [0.1, 0.15) is 5.82 Å². The Bertz CT molecular complexity index is 1180. The first kappa shape index (κ1) is 21.6. The first-order valence-corrected chi connectivity index (χ1v) is 12.3. The van der Waals surface area contributed by atoms with Gasteiger partial charge in [0.05, 0.1) is 10.6 Å². The summed E-state index contributed by atoms with van der Waals surface area (Å²) >= 11 is 1.26. The SMILES string of the molecule is C[C@@H]1CCCN(S(=O)(=O)c2ccc(C(=O)Nc3nc(-c4ccc(F)cc4)cs3)cc2)C1. The second kappa shape index (κ2) is 8.86. The molecule has 0 spiro atoms. The topological polar surface area (TPSA) is 79.4 Å². The molecule has 1 saturated heterocycles. The van der Waals surface area contributed by atoms with Crippen molar-refractivity contribution in [1.29, 1.82) is 0 Å². The number of carbonyl (C=O) groups excluding carboxylic acids is 1. The highest BCUT2D eigenvalue weighted by molar-refractivity contribution is 7.89. The van der Waals surface area contributed by atoms with E-state index in [9.17, 15) is 17.6 Å². The van der Waals surface area contributed by atoms with Gasteiger partial charge in [-0.1, -0.05) is 6.92 Å². The molecule has 0 unspecified atom stereocenters. The highest BCUT2D eigenvalue weighted by atomic mass is 32.2. The largest absolute Gasteiger partial charge is 0.298 e. The van der Waals surface area contributed by atoms with E-state index < -0.39 is 10.0 Å². The number of thiazole rings is 1. The third-order valence-corrected chi connectivity index (χ3v) is 7.88. The van der Waals surface area contributed by atoms with E-state index >= 15 is 0 Å². The Labute approximate surface area is 184 Å². The fraction of sp³-hybridized carbons (Fsp3) is 0.273. The molecule has 9 heteroatoms. The van der Waals surface area contributed by atoms with Crippen LogP contribution in [0.25, 0.3) is 11.3 Å². The zero-order valence-electron chi connectivity index (χ0n) is 16.9. The molecule has 2 aromatic carbocycles. The summed E-state index contributed by atoms with van der Waals surface area (Å²) in [6.45, 7) is 3.09. The molecule has 3 aromatic rings. The normalized spacial score (nSPS) is 17.4. The molecule has 0 saturated carbocycles. The molecule has 162 valence electrons. The minimum atomic E-state index is -3.56. The molecular weight excluding hydrogens is 437 g/mol. The lowest BCUT2D eigenvalue weighted by Gasteiger charge is -2.30. The van der Waals surface area contributed by atoms with Crippen LogP contribution in [0.4, 0.5) is 9.52 Å². The van der Waals surface area contributed by atoms with Gasteiger partial charge in [0.2, 0.25) is 10.0 Å². The van der Waals surface area contributed by atoms with Crippen molar-refractivity contribution < 1.29 is 17.6 Å². The van der Waals surface area contributed by atoms with Crippen molar-refractivity contribution in [2.45, 2.75) is 24.7 Å². The second-order valence-corrected chi connectivity index (χ2v) is 10.4. The highest BCUT2D eigenvalue weighted by Gasteiger charge is 2.28. The van der Waals surface area contributed by atoms with E-state index in [1.54, 1.807) is 17.5 Å². The minimum absolute atomic E-state index is 0.186. The zero-order valence-corrected chi connectivity index (χ0v) is 18.5. The summed E-state index contributed by atoms with van der Waals surface area (Å²) in [5.74, 6) is -0.366. The number of anilines is 1. The zero-order chi connectivity index (χ0) is 22.0. The summed E-state index contributed by atoms with van der Waals surface area (Å²) in [5.41, 5.74) is 1.72. The number of benzene rings is 2. The van der Waals surface area contributed by atoms with E-state index in [1.807, 2.05) is 0 Å². The molecule has 2 heterocycles. The molecule has 1 aromatic heterocycles. The van der Waals surface area contributed by atoms with E-state index in [2.05, 4.69) is 17.2 Å². The Kier molecular flexibility index (Phi) is 6.17. The van der Waals surface area contributed by atoms with E-state index in [0.29, 0.717) is 35.4 Å². The minimum Gasteiger partial charge on any atom is -0.298 e. The average molecular weight is 460 g/mol. The summed E-state index contributed by atoms with van der Waals surface area (Å²) in [4.78, 5) is 17.1. The molecule has 0 radical (unpaired) electrons. The van der Waals surface area contributed by atoms with Gasteiger partial charge in [-0.2, -0.15) is 4.31 Å². The van der Waals surface area contributed by atoms with Gasteiger partial charge in [0, 0.05) is 29.6 Å². The number of piperidine rings is 1. The van der Waals surface area contributed by atoms with Crippen molar-refractivity contribution in [3.05, 3.63) is 65.3 Å². The summed E-state index contributed by atoms with van der Waals surface area (Å²) in [6.07, 6.45) is 1.89. The van der Waals surface area contributed by atoms with Gasteiger partial charge in [0.25, 0.3) is 5.91 Å². The number of halogens is 1. The van der Waals surface area contributed by atoms with Crippen molar-refractivity contribution in [2.75, 3.05) is 18.4 Å². The van der Waals surface area contributed by atoms with Gasteiger partial charge in [-0.25, -0.2) is 17.8 Å². The summed E-state index contributed by atoms with van der Waals surface area (Å²) in [5, 5.41) is 4.90. The predicted octanol–water partition coefficient (Wildman–Crippen LogP) is 4.62. The number of aromatic nitrogens is 1. The van der Waals surface area contributed by atoms with Crippen molar-refractivity contribution in [3.8, 4) is 11.3 Å². The fourth-order valence-corrected chi connectivity index (χ4v) is 5.86. The van der Waals surface area contributed by atoms with Crippen LogP contribution in [-0.4, -0.2) is 36.7 Å². The smallest absolute Gasteiger partial charge is 0.257 e. The highest BCUT2D eigenvalue weighted by Crippen LogP contribution is 2.26. The van der Waals surface area contributed by atoms with Gasteiger partial charge in [0.15, 0.2) is 5.13 Å². The molecule has 1 N–H and O–H groups in total. The Morgan fingerprint density at radius 1 is 1.16 bits per heavy atom. The van der Waals surface area contributed by atoms with Crippen LogP contribution >= 0.6 is 11.3 Å². The van der Waals surface area contributed by atoms with Crippen molar-refractivity contribution in [2.24, 2.45) is 5.92 Å². The molecule has 4 rings (SSSR count). The monoisotopic (exact) mass is 459 g/mol. The molecule has 31 heavy (non-hydrogen) atoms. The van der Waals surface area contributed by atoms with Gasteiger partial charge >= 0.3 is 0 Å². The number of hydrogen-bond acceptors (Lipinski definition) is 5. The first-order valence-electron chi connectivity index (χ1n) is 9.96. The van der Waals surface area contributed by atoms with Crippen LogP contribution in [0.2, 0.25) is 0 Å². The van der Waals surface area contributed by atoms with Crippen molar-refractivity contribution in [1.82, 2.24) is 9.29 Å². The average Bonchev–Trinajstić information content (AvgIpc) is 3.22. The van der Waals surface area contributed by atoms with Crippen LogP contribution in [0, 0.1) is 11.7 Å². The van der Waals surface area contributed by atoms with E-state index in [1.165, 1.54) is 52.0 Å². The maximum absolute atomic E-state index is 13.1.